The highest BCUT2D eigenvalue weighted by Crippen LogP contribution is 2.34. The fourth-order valence-corrected chi connectivity index (χ4v) is 4.06. The van der Waals surface area contributed by atoms with Crippen LogP contribution in [0.25, 0.3) is 6.08 Å². The van der Waals surface area contributed by atoms with Gasteiger partial charge in [0, 0.05) is 11.6 Å². The van der Waals surface area contributed by atoms with Crippen LogP contribution in [0.3, 0.4) is 0 Å². The van der Waals surface area contributed by atoms with Crippen LogP contribution in [0.2, 0.25) is 0 Å². The molecule has 0 aromatic heterocycles. The van der Waals surface area contributed by atoms with Crippen molar-refractivity contribution in [1.82, 2.24) is 4.90 Å². The molecular weight excluding hydrogens is 447 g/mol. The summed E-state index contributed by atoms with van der Waals surface area (Å²) in [6.07, 6.45) is 1.58. The predicted molar refractivity (Wildman–Crippen MR) is 122 cm³/mol. The molecule has 0 bridgehead atoms. The van der Waals surface area contributed by atoms with Gasteiger partial charge in [0.05, 0.1) is 16.4 Å². The summed E-state index contributed by atoms with van der Waals surface area (Å²) in [7, 11) is 0. The monoisotopic (exact) mass is 464 g/mol. The van der Waals surface area contributed by atoms with Crippen molar-refractivity contribution in [2.75, 3.05) is 0 Å². The molecule has 1 heterocycles. The third-order valence-corrected chi connectivity index (χ3v) is 5.77. The zero-order valence-electron chi connectivity index (χ0n) is 17.1. The number of nitro groups is 1. The number of nitrogens with zero attached hydrogens (tertiary/aromatic N) is 2. The largest absolute Gasteiger partial charge is 0.489 e. The highest BCUT2D eigenvalue weighted by atomic mass is 32.2. The molecule has 1 fully saturated rings. The van der Waals surface area contributed by atoms with Crippen molar-refractivity contribution < 1.29 is 23.6 Å². The fourth-order valence-electron chi connectivity index (χ4n) is 3.22. The van der Waals surface area contributed by atoms with E-state index >= 15 is 0 Å². The van der Waals surface area contributed by atoms with Gasteiger partial charge in [0.15, 0.2) is 0 Å². The highest BCUT2D eigenvalue weighted by molar-refractivity contribution is 8.18. The number of para-hydroxylation sites is 1. The number of rotatable bonds is 7. The van der Waals surface area contributed by atoms with Gasteiger partial charge in [-0.1, -0.05) is 42.5 Å². The zero-order chi connectivity index (χ0) is 23.4. The van der Waals surface area contributed by atoms with Crippen LogP contribution < -0.4 is 4.74 Å². The van der Waals surface area contributed by atoms with E-state index in [4.69, 9.17) is 4.74 Å². The van der Waals surface area contributed by atoms with Gasteiger partial charge < -0.3 is 4.74 Å². The lowest BCUT2D eigenvalue weighted by Gasteiger charge is -2.12. The van der Waals surface area contributed by atoms with Gasteiger partial charge in [-0.05, 0) is 53.2 Å². The van der Waals surface area contributed by atoms with Gasteiger partial charge in [-0.25, -0.2) is 4.39 Å². The number of amides is 2. The molecule has 1 saturated heterocycles. The summed E-state index contributed by atoms with van der Waals surface area (Å²) < 4.78 is 18.8. The number of benzene rings is 3. The van der Waals surface area contributed by atoms with Crippen LogP contribution in [0.5, 0.6) is 5.75 Å². The maximum Gasteiger partial charge on any atom is 0.293 e. The molecule has 0 radical (unpaired) electrons. The van der Waals surface area contributed by atoms with Crippen LogP contribution in [-0.2, 0) is 17.9 Å². The van der Waals surface area contributed by atoms with Gasteiger partial charge in [0.2, 0.25) is 0 Å². The number of hydrogen-bond donors (Lipinski definition) is 0. The van der Waals surface area contributed by atoms with Crippen molar-refractivity contribution in [2.45, 2.75) is 13.2 Å². The molecule has 3 aromatic rings. The van der Waals surface area contributed by atoms with Crippen molar-refractivity contribution >= 4 is 34.7 Å². The Kier molecular flexibility index (Phi) is 6.50. The van der Waals surface area contributed by atoms with Crippen molar-refractivity contribution in [3.05, 3.63) is 110 Å². The quantitative estimate of drug-likeness (QED) is 0.259. The second-order valence-corrected chi connectivity index (χ2v) is 8.13. The normalized spacial score (nSPS) is 14.7. The maximum atomic E-state index is 13.0. The average Bonchev–Trinajstić information content (AvgIpc) is 3.06. The van der Waals surface area contributed by atoms with E-state index in [-0.39, 0.29) is 35.1 Å². The SMILES string of the molecule is O=C1SC(=Cc2cccc(OCc3ccc(F)cc3)c2)C(=O)N1Cc1ccccc1[N+](=O)[O-]. The van der Waals surface area contributed by atoms with Crippen LogP contribution in [0.4, 0.5) is 14.9 Å². The Morgan fingerprint density at radius 3 is 2.55 bits per heavy atom. The number of halogens is 1. The van der Waals surface area contributed by atoms with Crippen molar-refractivity contribution in [1.29, 1.82) is 0 Å². The van der Waals surface area contributed by atoms with Gasteiger partial charge in [-0.3, -0.25) is 24.6 Å². The molecule has 1 aliphatic rings. The molecule has 166 valence electrons. The molecule has 7 nitrogen and oxygen atoms in total. The van der Waals surface area contributed by atoms with Crippen molar-refractivity contribution in [2.24, 2.45) is 0 Å². The maximum absolute atomic E-state index is 13.0. The van der Waals surface area contributed by atoms with Crippen LogP contribution in [0.15, 0.2) is 77.7 Å². The summed E-state index contributed by atoms with van der Waals surface area (Å²) >= 11 is 0.780. The number of carbonyl (C=O) groups is 2. The Bertz CT molecular complexity index is 1260. The fraction of sp³-hybridized carbons (Fsp3) is 0.0833. The van der Waals surface area contributed by atoms with E-state index in [0.29, 0.717) is 11.3 Å². The lowest BCUT2D eigenvalue weighted by Crippen LogP contribution is -2.27. The third kappa shape index (κ3) is 5.27. The molecule has 3 aromatic carbocycles. The Morgan fingerprint density at radius 1 is 1.03 bits per heavy atom. The minimum atomic E-state index is -0.540. The first-order valence-electron chi connectivity index (χ1n) is 9.86. The van der Waals surface area contributed by atoms with Gasteiger partial charge in [0.1, 0.15) is 18.2 Å². The third-order valence-electron chi connectivity index (χ3n) is 4.86. The number of nitro benzene ring substituents is 1. The van der Waals surface area contributed by atoms with E-state index in [1.54, 1.807) is 48.5 Å². The summed E-state index contributed by atoms with van der Waals surface area (Å²) in [5.41, 5.74) is 1.59. The summed E-state index contributed by atoms with van der Waals surface area (Å²) in [5.74, 6) is -0.287. The Hall–Kier alpha value is -3.98. The smallest absolute Gasteiger partial charge is 0.293 e. The lowest BCUT2D eigenvalue weighted by atomic mass is 10.1. The number of ether oxygens (including phenoxy) is 1. The lowest BCUT2D eigenvalue weighted by molar-refractivity contribution is -0.385. The average molecular weight is 464 g/mol. The van der Waals surface area contributed by atoms with Crippen LogP contribution in [0.1, 0.15) is 16.7 Å². The molecule has 0 N–H and O–H groups in total. The minimum Gasteiger partial charge on any atom is -0.489 e. The van der Waals surface area contributed by atoms with Gasteiger partial charge in [0.25, 0.3) is 16.8 Å². The van der Waals surface area contributed by atoms with Crippen LogP contribution in [-0.4, -0.2) is 21.0 Å². The topological polar surface area (TPSA) is 89.8 Å². The van der Waals surface area contributed by atoms with Gasteiger partial charge in [-0.15, -0.1) is 0 Å². The first-order chi connectivity index (χ1) is 15.9. The Morgan fingerprint density at radius 2 is 1.79 bits per heavy atom. The molecule has 4 rings (SSSR count). The molecule has 0 spiro atoms. The minimum absolute atomic E-state index is 0.147. The first-order valence-corrected chi connectivity index (χ1v) is 10.7. The Labute approximate surface area is 192 Å². The van der Waals surface area contributed by atoms with Gasteiger partial charge >= 0.3 is 0 Å². The zero-order valence-corrected chi connectivity index (χ0v) is 18.0. The number of thioether (sulfide) groups is 1. The van der Waals surface area contributed by atoms with E-state index in [0.717, 1.165) is 22.2 Å². The highest BCUT2D eigenvalue weighted by Gasteiger charge is 2.36. The molecule has 1 aliphatic heterocycles. The second kappa shape index (κ2) is 9.66. The molecule has 0 atom stereocenters. The van der Waals surface area contributed by atoms with Crippen molar-refractivity contribution in [3.8, 4) is 5.75 Å². The number of hydrogen-bond acceptors (Lipinski definition) is 6. The van der Waals surface area contributed by atoms with E-state index in [1.807, 2.05) is 0 Å². The van der Waals surface area contributed by atoms with E-state index in [1.165, 1.54) is 30.3 Å². The van der Waals surface area contributed by atoms with Gasteiger partial charge in [-0.2, -0.15) is 0 Å². The van der Waals surface area contributed by atoms with E-state index in [2.05, 4.69) is 0 Å². The molecule has 9 heteroatoms. The Balaban J connectivity index is 1.48. The molecule has 33 heavy (non-hydrogen) atoms. The standard InChI is InChI=1S/C24H17FN2O5S/c25-19-10-8-16(9-11-19)15-32-20-6-3-4-17(12-20)13-22-23(28)26(24(29)33-22)14-18-5-1-2-7-21(18)27(30)31/h1-13H,14-15H2. The molecular formula is C24H17FN2O5S. The summed E-state index contributed by atoms with van der Waals surface area (Å²) in [6.45, 7) is 0.0656. The molecule has 0 aliphatic carbocycles. The number of carbonyl (C=O) groups excluding carboxylic acids is 2. The number of imide groups is 1. The summed E-state index contributed by atoms with van der Waals surface area (Å²) in [5, 5.41) is 10.7. The first kappa shape index (κ1) is 22.2. The summed E-state index contributed by atoms with van der Waals surface area (Å²) in [6, 6.07) is 19.0. The summed E-state index contributed by atoms with van der Waals surface area (Å²) in [4.78, 5) is 37.1. The molecule has 0 saturated carbocycles. The van der Waals surface area contributed by atoms with Crippen LogP contribution in [0, 0.1) is 15.9 Å². The second-order valence-electron chi connectivity index (χ2n) is 7.14. The van der Waals surface area contributed by atoms with E-state index in [9.17, 15) is 24.1 Å². The van der Waals surface area contributed by atoms with E-state index < -0.39 is 16.1 Å². The molecule has 0 unspecified atom stereocenters. The van der Waals surface area contributed by atoms with Crippen LogP contribution >= 0.6 is 11.8 Å². The molecule has 2 amide bonds. The van der Waals surface area contributed by atoms with Crippen molar-refractivity contribution in [3.63, 3.8) is 0 Å². The predicted octanol–water partition coefficient (Wildman–Crippen LogP) is 5.55.